The van der Waals surface area contributed by atoms with Crippen molar-refractivity contribution in [2.45, 2.75) is 6.42 Å². The second kappa shape index (κ2) is 11.9. The topological polar surface area (TPSA) is 120 Å². The van der Waals surface area contributed by atoms with Crippen LogP contribution in [0.5, 0.6) is 0 Å². The summed E-state index contributed by atoms with van der Waals surface area (Å²) in [6.07, 6.45) is 1.05. The van der Waals surface area contributed by atoms with E-state index in [0.29, 0.717) is 0 Å². The molecule has 2 saturated heterocycles. The van der Waals surface area contributed by atoms with Crippen LogP contribution in [0.2, 0.25) is 0 Å². The molecular formula is C16H17NNa2O8P2. The van der Waals surface area contributed by atoms with Crippen LogP contribution >= 0.6 is 15.6 Å². The summed E-state index contributed by atoms with van der Waals surface area (Å²) in [4.78, 5) is 21.6. The summed E-state index contributed by atoms with van der Waals surface area (Å²) in [6, 6.07) is 17.2. The van der Waals surface area contributed by atoms with Crippen molar-refractivity contribution in [3.05, 3.63) is 59.7 Å². The minimum absolute atomic E-state index is 0. The summed E-state index contributed by atoms with van der Waals surface area (Å²) in [7, 11) is -5.30. The third-order valence-corrected chi connectivity index (χ3v) is 5.62. The Bertz CT molecular complexity index is 828. The summed E-state index contributed by atoms with van der Waals surface area (Å²) in [5.41, 5.74) is 5.49. The van der Waals surface area contributed by atoms with Gasteiger partial charge in [-0.3, -0.25) is 27.2 Å². The van der Waals surface area contributed by atoms with Gasteiger partial charge in [0.15, 0.2) is 13.6 Å². The zero-order valence-electron chi connectivity index (χ0n) is 16.3. The van der Waals surface area contributed by atoms with E-state index in [0.717, 1.165) is 6.42 Å². The number of phosphoric acid groups is 2. The van der Waals surface area contributed by atoms with Crippen LogP contribution in [-0.4, -0.2) is 20.6 Å². The van der Waals surface area contributed by atoms with Crippen molar-refractivity contribution in [3.63, 3.8) is 0 Å². The number of hydrogen-bond donors (Lipinski definition) is 0. The molecule has 0 radical (unpaired) electrons. The quantitative estimate of drug-likeness (QED) is 0.290. The van der Waals surface area contributed by atoms with Gasteiger partial charge in [0.05, 0.1) is 0 Å². The normalized spacial score (nSPS) is 18.8. The molecule has 0 aliphatic carbocycles. The van der Waals surface area contributed by atoms with Crippen LogP contribution in [0.15, 0.2) is 48.5 Å². The van der Waals surface area contributed by atoms with Crippen molar-refractivity contribution >= 4 is 27.0 Å². The predicted molar refractivity (Wildman–Crippen MR) is 93.0 cm³/mol. The third kappa shape index (κ3) is 7.83. The molecular weight excluding hydrogens is 442 g/mol. The Balaban J connectivity index is 0.000000252. The summed E-state index contributed by atoms with van der Waals surface area (Å²) in [6.45, 7) is -0.221. The van der Waals surface area contributed by atoms with Gasteiger partial charge in [0.2, 0.25) is 0 Å². The van der Waals surface area contributed by atoms with Gasteiger partial charge < -0.3 is 14.7 Å². The number of anilines is 2. The number of phosphoric ester groups is 2. The van der Waals surface area contributed by atoms with Gasteiger partial charge >= 0.3 is 59.1 Å². The Kier molecular flexibility index (Phi) is 11.3. The molecule has 0 saturated carbocycles. The fourth-order valence-electron chi connectivity index (χ4n) is 2.59. The summed E-state index contributed by atoms with van der Waals surface area (Å²) < 4.78 is 34.9. The Morgan fingerprint density at radius 3 is 1.34 bits per heavy atom. The molecule has 29 heavy (non-hydrogen) atoms. The Labute approximate surface area is 213 Å². The average Bonchev–Trinajstić information content (AvgIpc) is 2.61. The SMILES string of the molecule is CN1c2ccccc2Cc2ccccc21.O=P1([O-])OCO1.O=P1([O-])OCO1.[Na+].[Na+]. The molecule has 2 aromatic rings. The van der Waals surface area contributed by atoms with Gasteiger partial charge in [0.25, 0.3) is 15.6 Å². The van der Waals surface area contributed by atoms with Crippen LogP contribution in [-0.2, 0) is 33.6 Å². The van der Waals surface area contributed by atoms with E-state index in [2.05, 4.69) is 78.6 Å². The zero-order valence-corrected chi connectivity index (χ0v) is 22.1. The van der Waals surface area contributed by atoms with Gasteiger partial charge in [-0.2, -0.15) is 0 Å². The van der Waals surface area contributed by atoms with E-state index in [4.69, 9.17) is 0 Å². The standard InChI is InChI=1S/C14H13N.2CH3O4P.2Na/c1-15-13-8-4-2-6-11(13)10-12-7-3-5-9-14(12)15;2*2-6(3)4-1-5-6;;/h2-9H,10H2,1H3;2*1H2,(H,2,3);;/q;;;2*+1/p-2. The number of para-hydroxylation sites is 2. The number of fused-ring (bicyclic) bond motifs is 2. The number of nitrogens with zero attached hydrogens (tertiary/aromatic N) is 1. The summed E-state index contributed by atoms with van der Waals surface area (Å²) >= 11 is 0. The molecule has 146 valence electrons. The fraction of sp³-hybridized carbons (Fsp3) is 0.250. The predicted octanol–water partition coefficient (Wildman–Crippen LogP) is -3.72. The van der Waals surface area contributed by atoms with Gasteiger partial charge in [0.1, 0.15) is 0 Å². The van der Waals surface area contributed by atoms with Crippen LogP contribution < -0.4 is 73.8 Å². The monoisotopic (exact) mass is 459 g/mol. The minimum Gasteiger partial charge on any atom is -0.756 e. The van der Waals surface area contributed by atoms with Crippen molar-refractivity contribution < 1.29 is 96.1 Å². The maximum atomic E-state index is 9.67. The second-order valence-corrected chi connectivity index (χ2v) is 8.46. The van der Waals surface area contributed by atoms with Crippen molar-refractivity contribution in [3.8, 4) is 0 Å². The second-order valence-electron chi connectivity index (χ2n) is 5.64. The smallest absolute Gasteiger partial charge is 0.756 e. The molecule has 0 spiro atoms. The molecule has 0 atom stereocenters. The molecule has 5 rings (SSSR count). The van der Waals surface area contributed by atoms with Gasteiger partial charge in [-0.05, 0) is 23.3 Å². The minimum atomic E-state index is -3.72. The molecule has 2 aromatic carbocycles. The average molecular weight is 459 g/mol. The molecule has 9 nitrogen and oxygen atoms in total. The van der Waals surface area contributed by atoms with E-state index in [1.807, 2.05) is 0 Å². The number of hydrogen-bond acceptors (Lipinski definition) is 9. The molecule has 0 N–H and O–H groups in total. The van der Waals surface area contributed by atoms with Crippen molar-refractivity contribution in [1.82, 2.24) is 0 Å². The molecule has 0 aromatic heterocycles. The molecule has 2 fully saturated rings. The van der Waals surface area contributed by atoms with Crippen molar-refractivity contribution in [2.75, 3.05) is 25.5 Å². The van der Waals surface area contributed by atoms with E-state index in [9.17, 15) is 18.9 Å². The fourth-order valence-corrected chi connectivity index (χ4v) is 3.14. The first-order valence-electron chi connectivity index (χ1n) is 7.87. The molecule has 3 heterocycles. The molecule has 0 bridgehead atoms. The molecule has 0 unspecified atom stereocenters. The summed E-state index contributed by atoms with van der Waals surface area (Å²) in [5, 5.41) is 0. The van der Waals surface area contributed by atoms with Crippen molar-refractivity contribution in [2.24, 2.45) is 0 Å². The number of benzene rings is 2. The first kappa shape index (κ1) is 27.5. The van der Waals surface area contributed by atoms with Crippen LogP contribution in [0.4, 0.5) is 11.4 Å². The molecule has 3 aliphatic heterocycles. The van der Waals surface area contributed by atoms with Gasteiger partial charge in [0, 0.05) is 24.8 Å². The third-order valence-electron chi connectivity index (χ3n) is 3.93. The largest absolute Gasteiger partial charge is 1.00 e. The first-order chi connectivity index (χ1) is 12.8. The van der Waals surface area contributed by atoms with E-state index >= 15 is 0 Å². The Morgan fingerprint density at radius 1 is 0.759 bits per heavy atom. The first-order valence-corrected chi connectivity index (χ1v) is 10.8. The van der Waals surface area contributed by atoms with E-state index < -0.39 is 15.6 Å². The van der Waals surface area contributed by atoms with Gasteiger partial charge in [-0.1, -0.05) is 36.4 Å². The molecule has 0 amide bonds. The van der Waals surface area contributed by atoms with E-state index in [1.165, 1.54) is 22.5 Å². The molecule has 3 aliphatic rings. The van der Waals surface area contributed by atoms with Crippen molar-refractivity contribution in [1.29, 1.82) is 0 Å². The Morgan fingerprint density at radius 2 is 1.07 bits per heavy atom. The zero-order chi connectivity index (χ0) is 19.5. The van der Waals surface area contributed by atoms with Crippen LogP contribution in [0.3, 0.4) is 0 Å². The maximum absolute atomic E-state index is 9.67. The van der Waals surface area contributed by atoms with Crippen LogP contribution in [0, 0.1) is 0 Å². The summed E-state index contributed by atoms with van der Waals surface area (Å²) in [5.74, 6) is 0. The van der Waals surface area contributed by atoms with Gasteiger partial charge in [-0.15, -0.1) is 0 Å². The molecule has 13 heteroatoms. The van der Waals surface area contributed by atoms with Crippen LogP contribution in [0.1, 0.15) is 11.1 Å². The van der Waals surface area contributed by atoms with E-state index in [-0.39, 0.29) is 72.7 Å². The van der Waals surface area contributed by atoms with Crippen LogP contribution in [0.25, 0.3) is 0 Å². The maximum Gasteiger partial charge on any atom is 1.00 e. The van der Waals surface area contributed by atoms with E-state index in [1.54, 1.807) is 0 Å². The van der Waals surface area contributed by atoms with Gasteiger partial charge in [-0.25, -0.2) is 0 Å². The number of rotatable bonds is 0. The Hall–Kier alpha value is 0.460.